The Bertz CT molecular complexity index is 1050. The number of aromatic nitrogens is 4. The van der Waals surface area contributed by atoms with E-state index in [9.17, 15) is 4.79 Å². The highest BCUT2D eigenvalue weighted by molar-refractivity contribution is 5.75. The molecular formula is C17H12N4O3. The Morgan fingerprint density at radius 1 is 1.00 bits per heavy atom. The van der Waals surface area contributed by atoms with E-state index >= 15 is 0 Å². The second-order valence-corrected chi connectivity index (χ2v) is 5.07. The van der Waals surface area contributed by atoms with Crippen LogP contribution in [-0.2, 0) is 0 Å². The minimum atomic E-state index is -0.542. The zero-order valence-electron chi connectivity index (χ0n) is 12.7. The van der Waals surface area contributed by atoms with E-state index in [4.69, 9.17) is 9.15 Å². The van der Waals surface area contributed by atoms with Crippen LogP contribution in [0, 0.1) is 0 Å². The molecule has 0 aliphatic heterocycles. The first-order valence-corrected chi connectivity index (χ1v) is 7.23. The molecule has 4 aromatic rings. The normalized spacial score (nSPS) is 10.9. The van der Waals surface area contributed by atoms with E-state index in [-0.39, 0.29) is 11.4 Å². The van der Waals surface area contributed by atoms with E-state index in [0.29, 0.717) is 17.0 Å². The van der Waals surface area contributed by atoms with Crippen molar-refractivity contribution in [2.24, 2.45) is 0 Å². The summed E-state index contributed by atoms with van der Waals surface area (Å²) < 4.78 is 11.7. The fourth-order valence-corrected chi connectivity index (χ4v) is 2.41. The van der Waals surface area contributed by atoms with Crippen LogP contribution >= 0.6 is 0 Å². The van der Waals surface area contributed by atoms with E-state index in [1.807, 2.05) is 30.3 Å². The van der Waals surface area contributed by atoms with Crippen LogP contribution in [0.1, 0.15) is 0 Å². The molecule has 2 aromatic heterocycles. The Balaban J connectivity index is 1.86. The Morgan fingerprint density at radius 2 is 1.75 bits per heavy atom. The molecule has 0 aliphatic rings. The summed E-state index contributed by atoms with van der Waals surface area (Å²) in [4.78, 5) is 12.4. The first-order valence-electron chi connectivity index (χ1n) is 7.23. The monoisotopic (exact) mass is 320 g/mol. The molecule has 4 rings (SSSR count). The maximum Gasteiger partial charge on any atom is 0.368 e. The Kier molecular flexibility index (Phi) is 3.31. The van der Waals surface area contributed by atoms with E-state index in [1.165, 1.54) is 4.63 Å². The van der Waals surface area contributed by atoms with Gasteiger partial charge in [-0.3, -0.25) is 0 Å². The molecule has 24 heavy (non-hydrogen) atoms. The number of methoxy groups -OCH3 is 1. The quantitative estimate of drug-likeness (QED) is 0.576. The maximum absolute atomic E-state index is 12.4. The number of nitrogens with zero attached hydrogens (tertiary/aromatic N) is 4. The van der Waals surface area contributed by atoms with Gasteiger partial charge >= 0.3 is 5.63 Å². The summed E-state index contributed by atoms with van der Waals surface area (Å²) in [5.41, 5.74) is 1.53. The van der Waals surface area contributed by atoms with E-state index in [0.717, 1.165) is 5.56 Å². The van der Waals surface area contributed by atoms with Crippen molar-refractivity contribution < 1.29 is 9.15 Å². The third-order valence-corrected chi connectivity index (χ3v) is 3.61. The van der Waals surface area contributed by atoms with Gasteiger partial charge in [0.2, 0.25) is 11.4 Å². The second-order valence-electron chi connectivity index (χ2n) is 5.07. The number of hydrogen-bond acceptors (Lipinski definition) is 6. The fourth-order valence-electron chi connectivity index (χ4n) is 2.41. The van der Waals surface area contributed by atoms with E-state index in [1.54, 1.807) is 31.4 Å². The average molecular weight is 320 g/mol. The van der Waals surface area contributed by atoms with Crippen molar-refractivity contribution in [2.75, 3.05) is 7.11 Å². The maximum atomic E-state index is 12.4. The van der Waals surface area contributed by atoms with Crippen molar-refractivity contribution in [3.63, 3.8) is 0 Å². The average Bonchev–Trinajstić information content (AvgIpc) is 3.07. The van der Waals surface area contributed by atoms with Crippen LogP contribution in [0.15, 0.2) is 63.8 Å². The van der Waals surface area contributed by atoms with E-state index < -0.39 is 5.63 Å². The summed E-state index contributed by atoms with van der Waals surface area (Å²) in [6.45, 7) is 0. The van der Waals surface area contributed by atoms with Gasteiger partial charge in [0, 0.05) is 11.1 Å². The number of hydrogen-bond donors (Lipinski definition) is 0. The van der Waals surface area contributed by atoms with Crippen molar-refractivity contribution in [1.82, 2.24) is 20.0 Å². The van der Waals surface area contributed by atoms with Crippen molar-refractivity contribution >= 4 is 5.52 Å². The van der Waals surface area contributed by atoms with Gasteiger partial charge in [-0.15, -0.1) is 14.8 Å². The van der Waals surface area contributed by atoms with Gasteiger partial charge in [-0.2, -0.15) is 0 Å². The first-order chi connectivity index (χ1) is 11.8. The summed E-state index contributed by atoms with van der Waals surface area (Å²) in [5.74, 6) is 0.869. The van der Waals surface area contributed by atoms with Gasteiger partial charge < -0.3 is 9.15 Å². The topological polar surface area (TPSA) is 82.5 Å². The van der Waals surface area contributed by atoms with Crippen LogP contribution in [0.5, 0.6) is 5.75 Å². The molecule has 7 heteroatoms. The van der Waals surface area contributed by atoms with Crippen LogP contribution < -0.4 is 10.4 Å². The van der Waals surface area contributed by atoms with Crippen molar-refractivity contribution in [1.29, 1.82) is 0 Å². The second kappa shape index (κ2) is 5.62. The molecule has 0 amide bonds. The molecule has 0 N–H and O–H groups in total. The van der Waals surface area contributed by atoms with Gasteiger partial charge in [-0.1, -0.05) is 30.3 Å². The van der Waals surface area contributed by atoms with Gasteiger partial charge in [0.15, 0.2) is 0 Å². The highest BCUT2D eigenvalue weighted by Gasteiger charge is 2.16. The number of fused-ring (bicyclic) bond motifs is 1. The molecule has 0 spiro atoms. The lowest BCUT2D eigenvalue weighted by Crippen LogP contribution is -2.09. The lowest BCUT2D eigenvalue weighted by molar-refractivity contribution is 0.414. The van der Waals surface area contributed by atoms with Gasteiger partial charge in [-0.25, -0.2) is 4.79 Å². The largest absolute Gasteiger partial charge is 0.497 e. The summed E-state index contributed by atoms with van der Waals surface area (Å²) in [5, 5.41) is 12.2. The van der Waals surface area contributed by atoms with Crippen molar-refractivity contribution in [2.45, 2.75) is 0 Å². The van der Waals surface area contributed by atoms with Crippen LogP contribution in [0.3, 0.4) is 0 Å². The number of benzene rings is 2. The fraction of sp³-hybridized carbons (Fsp3) is 0.0588. The first kappa shape index (κ1) is 14.1. The minimum Gasteiger partial charge on any atom is -0.497 e. The molecular weight excluding hydrogens is 308 g/mol. The molecule has 0 radical (unpaired) electrons. The molecule has 0 atom stereocenters. The van der Waals surface area contributed by atoms with Crippen LogP contribution in [0.4, 0.5) is 0 Å². The van der Waals surface area contributed by atoms with Crippen molar-refractivity contribution in [3.05, 3.63) is 65.0 Å². The smallest absolute Gasteiger partial charge is 0.368 e. The minimum absolute atomic E-state index is 0.166. The zero-order valence-corrected chi connectivity index (χ0v) is 12.7. The lowest BCUT2D eigenvalue weighted by Gasteiger charge is -2.02. The van der Waals surface area contributed by atoms with E-state index in [2.05, 4.69) is 15.4 Å². The van der Waals surface area contributed by atoms with Crippen molar-refractivity contribution in [3.8, 4) is 28.5 Å². The summed E-state index contributed by atoms with van der Waals surface area (Å²) >= 11 is 0. The van der Waals surface area contributed by atoms with Gasteiger partial charge in [0.25, 0.3) is 0 Å². The van der Waals surface area contributed by atoms with Gasteiger partial charge in [0.05, 0.1) is 7.11 Å². The van der Waals surface area contributed by atoms with Crippen LogP contribution in [0.2, 0.25) is 0 Å². The zero-order chi connectivity index (χ0) is 16.5. The predicted octanol–water partition coefficient (Wildman–Crippen LogP) is 2.42. The SMILES string of the molecule is COc1ccc(-c2nn3nnc(-c4ccccc4)c3c(=O)o2)cc1. The van der Waals surface area contributed by atoms with Crippen LogP contribution in [0.25, 0.3) is 28.2 Å². The molecule has 2 aromatic carbocycles. The number of rotatable bonds is 3. The Hall–Kier alpha value is -3.48. The standard InChI is InChI=1S/C17H12N4O3/c1-23-13-9-7-12(8-10-13)16-19-21-15(17(22)24-16)14(18-20-21)11-5-3-2-4-6-11/h2-10H,1H3. The third-order valence-electron chi connectivity index (χ3n) is 3.61. The molecule has 7 nitrogen and oxygen atoms in total. The highest BCUT2D eigenvalue weighted by atomic mass is 16.5. The Morgan fingerprint density at radius 3 is 2.46 bits per heavy atom. The van der Waals surface area contributed by atoms with Gasteiger partial charge in [0.1, 0.15) is 11.4 Å². The molecule has 0 aliphatic carbocycles. The summed E-state index contributed by atoms with van der Waals surface area (Å²) in [7, 11) is 1.58. The molecule has 0 saturated carbocycles. The molecule has 0 bridgehead atoms. The van der Waals surface area contributed by atoms with Gasteiger partial charge in [-0.05, 0) is 29.5 Å². The third kappa shape index (κ3) is 2.32. The Labute approximate surface area is 136 Å². The molecule has 118 valence electrons. The molecule has 0 fully saturated rings. The summed E-state index contributed by atoms with van der Waals surface area (Å²) in [6, 6.07) is 16.3. The molecule has 2 heterocycles. The molecule has 0 unspecified atom stereocenters. The molecule has 0 saturated heterocycles. The van der Waals surface area contributed by atoms with Crippen LogP contribution in [-0.4, -0.2) is 27.2 Å². The summed E-state index contributed by atoms with van der Waals surface area (Å²) in [6.07, 6.45) is 0. The number of ether oxygens (including phenoxy) is 1. The highest BCUT2D eigenvalue weighted by Crippen LogP contribution is 2.22. The predicted molar refractivity (Wildman–Crippen MR) is 86.7 cm³/mol. The lowest BCUT2D eigenvalue weighted by atomic mass is 10.1.